The van der Waals surface area contributed by atoms with E-state index in [9.17, 15) is 4.39 Å². The lowest BCUT2D eigenvalue weighted by Gasteiger charge is -2.16. The molecule has 4 heteroatoms. The van der Waals surface area contributed by atoms with Gasteiger partial charge in [0.05, 0.1) is 0 Å². The van der Waals surface area contributed by atoms with Gasteiger partial charge in [-0.25, -0.2) is 4.39 Å². The molecule has 1 saturated carbocycles. The Labute approximate surface area is 128 Å². The van der Waals surface area contributed by atoms with E-state index in [4.69, 9.17) is 5.84 Å². The molecule has 0 aromatic heterocycles. The fourth-order valence-electron chi connectivity index (χ4n) is 2.78. The zero-order valence-electron chi connectivity index (χ0n) is 11.7. The molecule has 3 atom stereocenters. The first-order chi connectivity index (χ1) is 10.3. The van der Waals surface area contributed by atoms with Crippen LogP contribution in [-0.2, 0) is 0 Å². The second-order valence-corrected chi connectivity index (χ2v) is 6.49. The van der Waals surface area contributed by atoms with Crippen molar-refractivity contribution in [2.45, 2.75) is 23.3 Å². The average molecular weight is 302 g/mol. The molecular formula is C17H19FN2S. The smallest absolute Gasteiger partial charge is 0.136 e. The van der Waals surface area contributed by atoms with E-state index < -0.39 is 0 Å². The van der Waals surface area contributed by atoms with Gasteiger partial charge in [-0.3, -0.25) is 11.3 Å². The summed E-state index contributed by atoms with van der Waals surface area (Å²) in [7, 11) is 0. The molecule has 0 radical (unpaired) electrons. The van der Waals surface area contributed by atoms with Crippen LogP contribution in [0.15, 0.2) is 59.5 Å². The predicted molar refractivity (Wildman–Crippen MR) is 85.5 cm³/mol. The summed E-state index contributed by atoms with van der Waals surface area (Å²) in [5.74, 6) is 7.44. The van der Waals surface area contributed by atoms with Crippen molar-refractivity contribution in [3.05, 3.63) is 66.0 Å². The summed E-state index contributed by atoms with van der Waals surface area (Å²) in [5.41, 5.74) is 4.28. The van der Waals surface area contributed by atoms with Crippen LogP contribution in [0.5, 0.6) is 0 Å². The average Bonchev–Trinajstić information content (AvgIpc) is 3.31. The number of hydrogen-bond donors (Lipinski definition) is 2. The molecule has 0 heterocycles. The zero-order valence-corrected chi connectivity index (χ0v) is 12.5. The first-order valence-electron chi connectivity index (χ1n) is 7.18. The molecule has 0 bridgehead atoms. The molecule has 3 rings (SSSR count). The summed E-state index contributed by atoms with van der Waals surface area (Å²) in [5, 5.41) is 0. The van der Waals surface area contributed by atoms with Gasteiger partial charge in [-0.2, -0.15) is 0 Å². The number of thioether (sulfide) groups is 1. The SMILES string of the molecule is NNC(CSc1ccccc1F)C1CC1c1ccccc1. The van der Waals surface area contributed by atoms with Crippen molar-refractivity contribution < 1.29 is 4.39 Å². The third kappa shape index (κ3) is 3.46. The Kier molecular flexibility index (Phi) is 4.58. The zero-order chi connectivity index (χ0) is 14.7. The fraction of sp³-hybridized carbons (Fsp3) is 0.294. The van der Waals surface area contributed by atoms with E-state index in [1.165, 1.54) is 23.4 Å². The van der Waals surface area contributed by atoms with Gasteiger partial charge in [-0.05, 0) is 36.0 Å². The molecule has 3 N–H and O–H groups in total. The molecule has 1 fully saturated rings. The van der Waals surface area contributed by atoms with Crippen LogP contribution in [0.4, 0.5) is 4.39 Å². The standard InChI is InChI=1S/C17H19FN2S/c18-15-8-4-5-9-17(15)21-11-16(20-19)14-10-13(14)12-6-2-1-3-7-12/h1-9,13-14,16,20H,10-11,19H2. The van der Waals surface area contributed by atoms with E-state index in [-0.39, 0.29) is 11.9 Å². The van der Waals surface area contributed by atoms with Crippen LogP contribution < -0.4 is 11.3 Å². The molecule has 0 aliphatic heterocycles. The maximum absolute atomic E-state index is 13.6. The summed E-state index contributed by atoms with van der Waals surface area (Å²) >= 11 is 1.53. The van der Waals surface area contributed by atoms with Crippen molar-refractivity contribution in [2.24, 2.45) is 11.8 Å². The second kappa shape index (κ2) is 6.60. The van der Waals surface area contributed by atoms with Gasteiger partial charge in [0.25, 0.3) is 0 Å². The van der Waals surface area contributed by atoms with Crippen LogP contribution in [0.25, 0.3) is 0 Å². The summed E-state index contributed by atoms with van der Waals surface area (Å²) in [6.45, 7) is 0. The Bertz CT molecular complexity index is 590. The highest BCUT2D eigenvalue weighted by molar-refractivity contribution is 7.99. The number of halogens is 1. The van der Waals surface area contributed by atoms with Gasteiger partial charge in [0.15, 0.2) is 0 Å². The maximum Gasteiger partial charge on any atom is 0.136 e. The Hall–Kier alpha value is -1.36. The van der Waals surface area contributed by atoms with E-state index in [2.05, 4.69) is 29.7 Å². The molecular weight excluding hydrogens is 283 g/mol. The highest BCUT2D eigenvalue weighted by Gasteiger charge is 2.43. The van der Waals surface area contributed by atoms with Crippen LogP contribution >= 0.6 is 11.8 Å². The van der Waals surface area contributed by atoms with Gasteiger partial charge in [-0.15, -0.1) is 11.8 Å². The first kappa shape index (κ1) is 14.6. The van der Waals surface area contributed by atoms with Gasteiger partial charge >= 0.3 is 0 Å². The summed E-state index contributed by atoms with van der Waals surface area (Å²) < 4.78 is 13.6. The number of nitrogens with two attached hydrogens (primary N) is 1. The minimum absolute atomic E-state index is 0.159. The van der Waals surface area contributed by atoms with E-state index >= 15 is 0 Å². The second-order valence-electron chi connectivity index (χ2n) is 5.43. The lowest BCUT2D eigenvalue weighted by atomic mass is 10.1. The van der Waals surface area contributed by atoms with Crippen LogP contribution in [0.2, 0.25) is 0 Å². The minimum atomic E-state index is -0.159. The van der Waals surface area contributed by atoms with Crippen molar-refractivity contribution in [1.29, 1.82) is 0 Å². The van der Waals surface area contributed by atoms with Gasteiger partial charge in [-0.1, -0.05) is 42.5 Å². The Balaban J connectivity index is 1.59. The van der Waals surface area contributed by atoms with Crippen molar-refractivity contribution >= 4 is 11.8 Å². The predicted octanol–water partition coefficient (Wildman–Crippen LogP) is 3.55. The molecule has 0 amide bonds. The minimum Gasteiger partial charge on any atom is -0.271 e. The molecule has 3 unspecified atom stereocenters. The van der Waals surface area contributed by atoms with Gasteiger partial charge in [0, 0.05) is 16.7 Å². The monoisotopic (exact) mass is 302 g/mol. The third-order valence-corrected chi connectivity index (χ3v) is 5.22. The van der Waals surface area contributed by atoms with Crippen LogP contribution in [0, 0.1) is 11.7 Å². The van der Waals surface area contributed by atoms with Gasteiger partial charge in [0.1, 0.15) is 5.82 Å². The number of hydrogen-bond acceptors (Lipinski definition) is 3. The molecule has 1 aliphatic rings. The Morgan fingerprint density at radius 3 is 2.57 bits per heavy atom. The van der Waals surface area contributed by atoms with E-state index in [0.717, 1.165) is 12.2 Å². The van der Waals surface area contributed by atoms with E-state index in [1.54, 1.807) is 6.07 Å². The summed E-state index contributed by atoms with van der Waals surface area (Å²) in [6, 6.07) is 17.6. The molecule has 1 aliphatic carbocycles. The lowest BCUT2D eigenvalue weighted by Crippen LogP contribution is -2.39. The number of nitrogens with one attached hydrogen (secondary N) is 1. The number of rotatable bonds is 6. The third-order valence-electron chi connectivity index (χ3n) is 4.05. The van der Waals surface area contributed by atoms with Crippen LogP contribution in [0.3, 0.4) is 0 Å². The quantitative estimate of drug-likeness (QED) is 0.487. The van der Waals surface area contributed by atoms with Crippen molar-refractivity contribution in [2.75, 3.05) is 5.75 Å². The van der Waals surface area contributed by atoms with Crippen LogP contribution in [-0.4, -0.2) is 11.8 Å². The van der Waals surface area contributed by atoms with Crippen molar-refractivity contribution in [1.82, 2.24) is 5.43 Å². The molecule has 0 spiro atoms. The Morgan fingerprint density at radius 1 is 1.14 bits per heavy atom. The topological polar surface area (TPSA) is 38.0 Å². The number of hydrazine groups is 1. The van der Waals surface area contributed by atoms with Gasteiger partial charge in [0.2, 0.25) is 0 Å². The van der Waals surface area contributed by atoms with Crippen molar-refractivity contribution in [3.8, 4) is 0 Å². The normalized spacial score (nSPS) is 22.0. The van der Waals surface area contributed by atoms with E-state index in [1.807, 2.05) is 18.2 Å². The summed E-state index contributed by atoms with van der Waals surface area (Å²) in [4.78, 5) is 0.690. The van der Waals surface area contributed by atoms with Crippen molar-refractivity contribution in [3.63, 3.8) is 0 Å². The van der Waals surface area contributed by atoms with E-state index in [0.29, 0.717) is 16.7 Å². The fourth-order valence-corrected chi connectivity index (χ4v) is 3.86. The molecule has 2 aromatic carbocycles. The molecule has 0 saturated heterocycles. The molecule has 110 valence electrons. The molecule has 21 heavy (non-hydrogen) atoms. The lowest BCUT2D eigenvalue weighted by molar-refractivity contribution is 0.510. The highest BCUT2D eigenvalue weighted by atomic mass is 32.2. The number of benzene rings is 2. The summed E-state index contributed by atoms with van der Waals surface area (Å²) in [6.07, 6.45) is 1.15. The first-order valence-corrected chi connectivity index (χ1v) is 8.16. The molecule has 2 nitrogen and oxygen atoms in total. The largest absolute Gasteiger partial charge is 0.271 e. The Morgan fingerprint density at radius 2 is 1.86 bits per heavy atom. The maximum atomic E-state index is 13.6. The van der Waals surface area contributed by atoms with Gasteiger partial charge < -0.3 is 0 Å². The highest BCUT2D eigenvalue weighted by Crippen LogP contribution is 2.50. The molecule has 2 aromatic rings. The van der Waals surface area contributed by atoms with Crippen LogP contribution in [0.1, 0.15) is 17.9 Å².